The van der Waals surface area contributed by atoms with Crippen molar-refractivity contribution < 1.29 is 14.3 Å². The predicted octanol–water partition coefficient (Wildman–Crippen LogP) is 1.46. The summed E-state index contributed by atoms with van der Waals surface area (Å²) in [5, 5.41) is 2.97. The van der Waals surface area contributed by atoms with E-state index in [0.717, 1.165) is 38.7 Å². The molecule has 0 aromatic rings. The molecule has 3 aliphatic rings. The summed E-state index contributed by atoms with van der Waals surface area (Å²) < 4.78 is 5.79. The Morgan fingerprint density at radius 1 is 1.29 bits per heavy atom. The lowest BCUT2D eigenvalue weighted by atomic mass is 9.88. The van der Waals surface area contributed by atoms with Crippen molar-refractivity contribution in [2.45, 2.75) is 70.1 Å². The highest BCUT2D eigenvalue weighted by Crippen LogP contribution is 2.37. The van der Waals surface area contributed by atoms with Crippen LogP contribution in [0.3, 0.4) is 0 Å². The van der Waals surface area contributed by atoms with Crippen LogP contribution in [0.4, 0.5) is 0 Å². The lowest BCUT2D eigenvalue weighted by Gasteiger charge is -2.47. The van der Waals surface area contributed by atoms with Crippen molar-refractivity contribution in [3.05, 3.63) is 0 Å². The van der Waals surface area contributed by atoms with Crippen LogP contribution in [-0.2, 0) is 14.3 Å². The van der Waals surface area contributed by atoms with E-state index >= 15 is 0 Å². The summed E-state index contributed by atoms with van der Waals surface area (Å²) in [5.41, 5.74) is -0.733. The van der Waals surface area contributed by atoms with Crippen LogP contribution in [-0.4, -0.2) is 47.6 Å². The number of hydrogen-bond acceptors (Lipinski definition) is 3. The predicted molar refractivity (Wildman–Crippen MR) is 78.7 cm³/mol. The second-order valence-corrected chi connectivity index (χ2v) is 6.85. The third-order valence-electron chi connectivity index (χ3n) is 5.35. The number of carbonyl (C=O) groups is 2. The molecule has 3 rings (SSSR count). The molecule has 1 N–H and O–H groups in total. The Balaban J connectivity index is 1.79. The van der Waals surface area contributed by atoms with Gasteiger partial charge in [0.25, 0.3) is 0 Å². The number of carbonyl (C=O) groups excluding carboxylic acids is 2. The van der Waals surface area contributed by atoms with Gasteiger partial charge in [0.1, 0.15) is 11.6 Å². The normalized spacial score (nSPS) is 37.5. The van der Waals surface area contributed by atoms with Gasteiger partial charge in [-0.05, 0) is 51.4 Å². The average Bonchev–Trinajstić information content (AvgIpc) is 3.33. The Bertz CT molecular complexity index is 429. The summed E-state index contributed by atoms with van der Waals surface area (Å²) in [6, 6.07) is -0.305. The SMILES string of the molecule is CCC1(C)C(=O)NC(C2CC2)C(=O)N1CC1CCCCO1. The molecule has 3 fully saturated rings. The van der Waals surface area contributed by atoms with E-state index < -0.39 is 5.54 Å². The van der Waals surface area contributed by atoms with Gasteiger partial charge in [0.05, 0.1) is 6.10 Å². The van der Waals surface area contributed by atoms with Crippen LogP contribution >= 0.6 is 0 Å². The lowest BCUT2D eigenvalue weighted by Crippen LogP contribution is -2.70. The van der Waals surface area contributed by atoms with Gasteiger partial charge < -0.3 is 15.0 Å². The third kappa shape index (κ3) is 2.68. The molecule has 21 heavy (non-hydrogen) atoms. The highest BCUT2D eigenvalue weighted by Gasteiger charge is 2.52. The first-order valence-corrected chi connectivity index (χ1v) is 8.30. The Morgan fingerprint density at radius 3 is 2.62 bits per heavy atom. The van der Waals surface area contributed by atoms with Crippen LogP contribution in [0.2, 0.25) is 0 Å². The van der Waals surface area contributed by atoms with Crippen LogP contribution in [0.15, 0.2) is 0 Å². The van der Waals surface area contributed by atoms with Gasteiger partial charge in [-0.25, -0.2) is 0 Å². The summed E-state index contributed by atoms with van der Waals surface area (Å²) in [4.78, 5) is 27.2. The maximum atomic E-state index is 12.9. The van der Waals surface area contributed by atoms with Gasteiger partial charge in [0, 0.05) is 13.2 Å². The summed E-state index contributed by atoms with van der Waals surface area (Å²) in [6.07, 6.45) is 6.04. The van der Waals surface area contributed by atoms with Gasteiger partial charge in [0.2, 0.25) is 11.8 Å². The number of ether oxygens (including phenoxy) is 1. The molecule has 3 atom stereocenters. The van der Waals surface area contributed by atoms with Gasteiger partial charge in [-0.3, -0.25) is 9.59 Å². The quantitative estimate of drug-likeness (QED) is 0.854. The molecule has 0 bridgehead atoms. The molecule has 118 valence electrons. The highest BCUT2D eigenvalue weighted by atomic mass is 16.5. The topological polar surface area (TPSA) is 58.6 Å². The van der Waals surface area contributed by atoms with Crippen LogP contribution in [0, 0.1) is 5.92 Å². The minimum Gasteiger partial charge on any atom is -0.376 e. The van der Waals surface area contributed by atoms with E-state index in [4.69, 9.17) is 4.74 Å². The Labute approximate surface area is 126 Å². The Morgan fingerprint density at radius 2 is 2.05 bits per heavy atom. The summed E-state index contributed by atoms with van der Waals surface area (Å²) in [6.45, 7) is 5.18. The van der Waals surface area contributed by atoms with Gasteiger partial charge in [-0.2, -0.15) is 0 Å². The number of amides is 2. The zero-order chi connectivity index (χ0) is 15.0. The van der Waals surface area contributed by atoms with Crippen LogP contribution in [0.1, 0.15) is 52.4 Å². The first kappa shape index (κ1) is 14.8. The number of hydrogen-bond donors (Lipinski definition) is 1. The molecule has 3 unspecified atom stereocenters. The third-order valence-corrected chi connectivity index (χ3v) is 5.35. The molecule has 2 saturated heterocycles. The molecule has 0 aromatic heterocycles. The van der Waals surface area contributed by atoms with Crippen molar-refractivity contribution in [2.24, 2.45) is 5.92 Å². The van der Waals surface area contributed by atoms with E-state index in [9.17, 15) is 9.59 Å². The van der Waals surface area contributed by atoms with Crippen molar-refractivity contribution in [1.29, 1.82) is 0 Å². The zero-order valence-electron chi connectivity index (χ0n) is 13.1. The lowest BCUT2D eigenvalue weighted by molar-refractivity contribution is -0.160. The molecule has 1 aliphatic carbocycles. The van der Waals surface area contributed by atoms with E-state index in [1.54, 1.807) is 0 Å². The molecular weight excluding hydrogens is 268 g/mol. The summed E-state index contributed by atoms with van der Waals surface area (Å²) >= 11 is 0. The monoisotopic (exact) mass is 294 g/mol. The first-order chi connectivity index (χ1) is 10.1. The highest BCUT2D eigenvalue weighted by molar-refractivity contribution is 5.99. The standard InChI is InChI=1S/C16H26N2O3/c1-3-16(2)15(20)17-13(11-7-8-11)14(19)18(16)10-12-6-4-5-9-21-12/h11-13H,3-10H2,1-2H3,(H,17,20). The van der Waals surface area contributed by atoms with Crippen molar-refractivity contribution >= 4 is 11.8 Å². The molecule has 2 amide bonds. The molecule has 0 radical (unpaired) electrons. The number of rotatable bonds is 4. The maximum absolute atomic E-state index is 12.9. The molecule has 0 spiro atoms. The van der Waals surface area contributed by atoms with E-state index in [1.807, 2.05) is 18.7 Å². The van der Waals surface area contributed by atoms with Crippen molar-refractivity contribution in [2.75, 3.05) is 13.2 Å². The van der Waals surface area contributed by atoms with Gasteiger partial charge in [-0.1, -0.05) is 6.92 Å². The van der Waals surface area contributed by atoms with E-state index in [-0.39, 0.29) is 24.0 Å². The smallest absolute Gasteiger partial charge is 0.246 e. The molecule has 1 saturated carbocycles. The minimum absolute atomic E-state index is 0.00249. The first-order valence-electron chi connectivity index (χ1n) is 8.30. The van der Waals surface area contributed by atoms with Crippen molar-refractivity contribution in [3.8, 4) is 0 Å². The number of nitrogens with one attached hydrogen (secondary N) is 1. The fraction of sp³-hybridized carbons (Fsp3) is 0.875. The molecule has 5 heteroatoms. The van der Waals surface area contributed by atoms with Crippen LogP contribution in [0.25, 0.3) is 0 Å². The van der Waals surface area contributed by atoms with Crippen LogP contribution in [0.5, 0.6) is 0 Å². The largest absolute Gasteiger partial charge is 0.376 e. The van der Waals surface area contributed by atoms with Crippen molar-refractivity contribution in [1.82, 2.24) is 10.2 Å². The van der Waals surface area contributed by atoms with Crippen LogP contribution < -0.4 is 5.32 Å². The zero-order valence-corrected chi connectivity index (χ0v) is 13.1. The maximum Gasteiger partial charge on any atom is 0.246 e. The van der Waals surface area contributed by atoms with E-state index in [0.29, 0.717) is 18.9 Å². The van der Waals surface area contributed by atoms with Gasteiger partial charge >= 0.3 is 0 Å². The molecule has 5 nitrogen and oxygen atoms in total. The Kier molecular flexibility index (Phi) is 3.95. The number of piperazine rings is 1. The summed E-state index contributed by atoms with van der Waals surface area (Å²) in [5.74, 6) is 0.436. The van der Waals surface area contributed by atoms with Gasteiger partial charge in [-0.15, -0.1) is 0 Å². The van der Waals surface area contributed by atoms with Gasteiger partial charge in [0.15, 0.2) is 0 Å². The fourth-order valence-electron chi connectivity index (χ4n) is 3.44. The second-order valence-electron chi connectivity index (χ2n) is 6.85. The fourth-order valence-corrected chi connectivity index (χ4v) is 3.44. The molecular formula is C16H26N2O3. The minimum atomic E-state index is -0.733. The average molecular weight is 294 g/mol. The van der Waals surface area contributed by atoms with E-state index in [1.165, 1.54) is 0 Å². The Hall–Kier alpha value is -1.10. The summed E-state index contributed by atoms with van der Waals surface area (Å²) in [7, 11) is 0. The molecule has 2 heterocycles. The second kappa shape index (κ2) is 5.59. The molecule has 0 aromatic carbocycles. The van der Waals surface area contributed by atoms with E-state index in [2.05, 4.69) is 5.32 Å². The number of nitrogens with zero attached hydrogens (tertiary/aromatic N) is 1. The van der Waals surface area contributed by atoms with Crippen molar-refractivity contribution in [3.63, 3.8) is 0 Å². The molecule has 2 aliphatic heterocycles.